The summed E-state index contributed by atoms with van der Waals surface area (Å²) in [5.74, 6) is -0.924. The molecule has 0 aromatic heterocycles. The number of ether oxygens (including phenoxy) is 1. The molecule has 5 nitrogen and oxygen atoms in total. The van der Waals surface area contributed by atoms with E-state index >= 15 is 0 Å². The highest BCUT2D eigenvalue weighted by Gasteiger charge is 2.35. The maximum Gasteiger partial charge on any atom is 0.290 e. The van der Waals surface area contributed by atoms with Crippen molar-refractivity contribution < 1.29 is 14.3 Å². The van der Waals surface area contributed by atoms with E-state index in [2.05, 4.69) is 5.32 Å². The topological polar surface area (TPSA) is 58.6 Å². The fourth-order valence-electron chi connectivity index (χ4n) is 1.92. The van der Waals surface area contributed by atoms with Crippen LogP contribution in [-0.4, -0.2) is 56.0 Å². The predicted octanol–water partition coefficient (Wildman–Crippen LogP) is 0.0468. The summed E-state index contributed by atoms with van der Waals surface area (Å²) in [7, 11) is 3.51. The molecular weight excluding hydrogens is 220 g/mol. The third kappa shape index (κ3) is 3.04. The van der Waals surface area contributed by atoms with E-state index in [0.717, 1.165) is 0 Å². The number of nitrogens with zero attached hydrogens (tertiary/aromatic N) is 1. The summed E-state index contributed by atoms with van der Waals surface area (Å²) >= 11 is 0. The minimum Gasteiger partial charge on any atom is -0.378 e. The van der Waals surface area contributed by atoms with Crippen LogP contribution in [0.4, 0.5) is 0 Å². The summed E-state index contributed by atoms with van der Waals surface area (Å²) in [5, 5.41) is 3.10. The first-order valence-electron chi connectivity index (χ1n) is 6.08. The lowest BCUT2D eigenvalue weighted by atomic mass is 10.0. The van der Waals surface area contributed by atoms with E-state index in [9.17, 15) is 9.59 Å². The molecule has 1 saturated heterocycles. The average molecular weight is 242 g/mol. The summed E-state index contributed by atoms with van der Waals surface area (Å²) in [5.41, 5.74) is 0. The molecule has 1 rings (SSSR count). The van der Waals surface area contributed by atoms with Crippen molar-refractivity contribution in [3.8, 4) is 0 Å². The lowest BCUT2D eigenvalue weighted by molar-refractivity contribution is -0.147. The van der Waals surface area contributed by atoms with Crippen molar-refractivity contribution in [2.45, 2.75) is 32.4 Å². The number of rotatable bonds is 5. The molecule has 0 aromatic carbocycles. The predicted molar refractivity (Wildman–Crippen MR) is 64.7 cm³/mol. The number of amides is 1. The number of nitrogens with one attached hydrogen (secondary N) is 1. The van der Waals surface area contributed by atoms with Crippen LogP contribution in [0.3, 0.4) is 0 Å². The Bertz CT molecular complexity index is 293. The Kier molecular flexibility index (Phi) is 5.08. The molecule has 0 saturated carbocycles. The molecule has 0 aromatic rings. The van der Waals surface area contributed by atoms with Crippen LogP contribution >= 0.6 is 0 Å². The smallest absolute Gasteiger partial charge is 0.290 e. The van der Waals surface area contributed by atoms with Crippen molar-refractivity contribution in [2.75, 3.05) is 27.3 Å². The third-order valence-electron chi connectivity index (χ3n) is 3.51. The average Bonchev–Trinajstić information content (AvgIpc) is 2.83. The van der Waals surface area contributed by atoms with Crippen molar-refractivity contribution in [1.29, 1.82) is 0 Å². The summed E-state index contributed by atoms with van der Waals surface area (Å²) in [6.07, 6.45) is 0.690. The SMILES string of the molecule is CCC(C)C(=O)C(=O)N(C)C1COCC1NC. The minimum atomic E-state index is -0.407. The third-order valence-corrected chi connectivity index (χ3v) is 3.51. The van der Waals surface area contributed by atoms with Gasteiger partial charge in [0.1, 0.15) is 0 Å². The zero-order valence-corrected chi connectivity index (χ0v) is 11.0. The number of likely N-dealkylation sites (N-methyl/N-ethyl adjacent to an activating group) is 2. The van der Waals surface area contributed by atoms with Crippen LogP contribution in [0.15, 0.2) is 0 Å². The maximum atomic E-state index is 12.0. The second-order valence-electron chi connectivity index (χ2n) is 4.59. The van der Waals surface area contributed by atoms with Gasteiger partial charge in [-0.15, -0.1) is 0 Å². The van der Waals surface area contributed by atoms with E-state index in [0.29, 0.717) is 19.6 Å². The van der Waals surface area contributed by atoms with Gasteiger partial charge >= 0.3 is 0 Å². The Balaban J connectivity index is 2.66. The molecule has 0 bridgehead atoms. The Hall–Kier alpha value is -0.940. The normalized spacial score (nSPS) is 25.6. The van der Waals surface area contributed by atoms with Gasteiger partial charge in [-0.1, -0.05) is 13.8 Å². The van der Waals surface area contributed by atoms with E-state index in [4.69, 9.17) is 4.74 Å². The van der Waals surface area contributed by atoms with Crippen LogP contribution in [0, 0.1) is 5.92 Å². The second kappa shape index (κ2) is 6.12. The largest absolute Gasteiger partial charge is 0.378 e. The molecule has 1 amide bonds. The Morgan fingerprint density at radius 1 is 1.47 bits per heavy atom. The van der Waals surface area contributed by atoms with Gasteiger partial charge in [-0.3, -0.25) is 9.59 Å². The molecule has 0 radical (unpaired) electrons. The fraction of sp³-hybridized carbons (Fsp3) is 0.833. The molecule has 1 aliphatic heterocycles. The van der Waals surface area contributed by atoms with Crippen molar-refractivity contribution >= 4 is 11.7 Å². The summed E-state index contributed by atoms with van der Waals surface area (Å²) in [4.78, 5) is 25.3. The summed E-state index contributed by atoms with van der Waals surface area (Å²) in [6, 6.07) is 0.0502. The first-order chi connectivity index (χ1) is 8.02. The van der Waals surface area contributed by atoms with Gasteiger partial charge < -0.3 is 15.0 Å². The summed E-state index contributed by atoms with van der Waals surface area (Å²) in [6.45, 7) is 4.76. The van der Waals surface area contributed by atoms with E-state index < -0.39 is 5.91 Å². The van der Waals surface area contributed by atoms with Gasteiger partial charge in [-0.05, 0) is 13.5 Å². The van der Waals surface area contributed by atoms with Crippen molar-refractivity contribution in [1.82, 2.24) is 10.2 Å². The van der Waals surface area contributed by atoms with Crippen LogP contribution < -0.4 is 5.32 Å². The molecule has 1 N–H and O–H groups in total. The first kappa shape index (κ1) is 14.1. The molecule has 5 heteroatoms. The highest BCUT2D eigenvalue weighted by Crippen LogP contribution is 2.14. The van der Waals surface area contributed by atoms with E-state index in [-0.39, 0.29) is 23.8 Å². The quantitative estimate of drug-likeness (QED) is 0.692. The molecule has 1 aliphatic rings. The monoisotopic (exact) mass is 242 g/mol. The lowest BCUT2D eigenvalue weighted by Gasteiger charge is -2.28. The fourth-order valence-corrected chi connectivity index (χ4v) is 1.92. The molecule has 1 heterocycles. The van der Waals surface area contributed by atoms with Crippen LogP contribution in [0.25, 0.3) is 0 Å². The van der Waals surface area contributed by atoms with Crippen molar-refractivity contribution in [3.05, 3.63) is 0 Å². The highest BCUT2D eigenvalue weighted by molar-refractivity contribution is 6.36. The van der Waals surface area contributed by atoms with Gasteiger partial charge in [0.05, 0.1) is 25.3 Å². The number of ketones is 1. The van der Waals surface area contributed by atoms with Gasteiger partial charge in [-0.2, -0.15) is 0 Å². The van der Waals surface area contributed by atoms with E-state index in [1.54, 1.807) is 14.0 Å². The van der Waals surface area contributed by atoms with E-state index in [1.165, 1.54) is 4.90 Å². The second-order valence-corrected chi connectivity index (χ2v) is 4.59. The number of Topliss-reactive ketones (excluding diaryl/α,β-unsaturated/α-hetero) is 1. The zero-order valence-electron chi connectivity index (χ0n) is 11.0. The molecule has 1 fully saturated rings. The molecule has 17 heavy (non-hydrogen) atoms. The van der Waals surface area contributed by atoms with Crippen LogP contribution in [0.5, 0.6) is 0 Å². The van der Waals surface area contributed by atoms with Crippen molar-refractivity contribution in [3.63, 3.8) is 0 Å². The van der Waals surface area contributed by atoms with Crippen molar-refractivity contribution in [2.24, 2.45) is 5.92 Å². The van der Waals surface area contributed by atoms with Gasteiger partial charge in [-0.25, -0.2) is 0 Å². The van der Waals surface area contributed by atoms with Crippen LogP contribution in [0.2, 0.25) is 0 Å². The van der Waals surface area contributed by atoms with Crippen LogP contribution in [-0.2, 0) is 14.3 Å². The number of carbonyl (C=O) groups is 2. The number of hydrogen-bond donors (Lipinski definition) is 1. The molecule has 3 unspecified atom stereocenters. The molecule has 3 atom stereocenters. The molecule has 98 valence electrons. The Labute approximate surface area is 102 Å². The molecule has 0 spiro atoms. The number of carbonyl (C=O) groups excluding carboxylic acids is 2. The minimum absolute atomic E-state index is 0.0551. The highest BCUT2D eigenvalue weighted by atomic mass is 16.5. The molecule has 0 aliphatic carbocycles. The number of hydrogen-bond acceptors (Lipinski definition) is 4. The van der Waals surface area contributed by atoms with Gasteiger partial charge in [0.15, 0.2) is 0 Å². The molecular formula is C12H22N2O3. The first-order valence-corrected chi connectivity index (χ1v) is 6.08. The Morgan fingerprint density at radius 2 is 2.12 bits per heavy atom. The summed E-state index contributed by atoms with van der Waals surface area (Å²) < 4.78 is 5.33. The Morgan fingerprint density at radius 3 is 2.65 bits per heavy atom. The van der Waals surface area contributed by atoms with E-state index in [1.807, 2.05) is 14.0 Å². The van der Waals surface area contributed by atoms with Gasteiger partial charge in [0.2, 0.25) is 5.78 Å². The standard InChI is InChI=1S/C12H22N2O3/c1-5-8(2)11(15)12(16)14(4)10-7-17-6-9(10)13-3/h8-10,13H,5-7H2,1-4H3. The van der Waals surface area contributed by atoms with Crippen LogP contribution in [0.1, 0.15) is 20.3 Å². The van der Waals surface area contributed by atoms with Gasteiger partial charge in [0, 0.05) is 13.0 Å². The zero-order chi connectivity index (χ0) is 13.0. The van der Waals surface area contributed by atoms with Gasteiger partial charge in [0.25, 0.3) is 5.91 Å². The lowest BCUT2D eigenvalue weighted by Crippen LogP contribution is -2.51. The maximum absolute atomic E-state index is 12.0.